The van der Waals surface area contributed by atoms with E-state index in [1.54, 1.807) is 0 Å². The molecule has 0 bridgehead atoms. The number of hydrogen-bond acceptors (Lipinski definition) is 11. The fourth-order valence-corrected chi connectivity index (χ4v) is 7.58. The lowest BCUT2D eigenvalue weighted by Crippen LogP contribution is -2.60. The molecule has 2 unspecified atom stereocenters. The third-order valence-corrected chi connectivity index (χ3v) is 11.3. The lowest BCUT2D eigenvalue weighted by atomic mass is 10.00. The number of carbonyl (C=O) groups excluding carboxylic acids is 2. The summed E-state index contributed by atoms with van der Waals surface area (Å²) in [6, 6.07) is 0. The van der Waals surface area contributed by atoms with E-state index in [0.29, 0.717) is 12.8 Å². The molecule has 13 heteroatoms. The van der Waals surface area contributed by atoms with E-state index in [9.17, 15) is 37.9 Å². The predicted molar refractivity (Wildman–Crippen MR) is 229 cm³/mol. The van der Waals surface area contributed by atoms with Crippen molar-refractivity contribution in [2.45, 2.75) is 230 Å². The minimum absolute atomic E-state index is 0.161. The average molecular weight is 847 g/mol. The van der Waals surface area contributed by atoms with Crippen molar-refractivity contribution >= 4 is 22.1 Å². The highest BCUT2D eigenvalue weighted by Crippen LogP contribution is 2.24. The number of carbonyl (C=O) groups is 2. The second-order valence-electron chi connectivity index (χ2n) is 16.1. The molecule has 6 atom stereocenters. The molecule has 58 heavy (non-hydrogen) atoms. The second-order valence-corrected chi connectivity index (χ2v) is 17.6. The Morgan fingerprint density at radius 1 is 0.569 bits per heavy atom. The first-order chi connectivity index (χ1) is 28.0. The van der Waals surface area contributed by atoms with E-state index in [2.05, 4.69) is 38.2 Å². The summed E-state index contributed by atoms with van der Waals surface area (Å²) < 4.78 is 54.1. The fraction of sp³-hybridized carbons (Fsp3) is 0.867. The molecule has 0 aromatic rings. The van der Waals surface area contributed by atoms with E-state index in [4.69, 9.17) is 18.9 Å². The highest BCUT2D eigenvalue weighted by atomic mass is 32.2. The number of unbranched alkanes of at least 4 members (excludes halogenated alkanes) is 22. The van der Waals surface area contributed by atoms with Gasteiger partial charge in [0.25, 0.3) is 10.1 Å². The molecule has 12 nitrogen and oxygen atoms in total. The van der Waals surface area contributed by atoms with Crippen LogP contribution in [0.25, 0.3) is 0 Å². The first kappa shape index (κ1) is 54.1. The summed E-state index contributed by atoms with van der Waals surface area (Å²) in [5.41, 5.74) is 0. The fourth-order valence-electron chi connectivity index (χ4n) is 6.89. The van der Waals surface area contributed by atoms with Gasteiger partial charge in [0.2, 0.25) is 0 Å². The van der Waals surface area contributed by atoms with Crippen molar-refractivity contribution in [2.75, 3.05) is 19.0 Å². The molecule has 1 rings (SSSR count). The number of esters is 2. The molecule has 1 saturated heterocycles. The van der Waals surface area contributed by atoms with Crippen LogP contribution in [0.2, 0.25) is 0 Å². The van der Waals surface area contributed by atoms with Crippen molar-refractivity contribution in [1.82, 2.24) is 0 Å². The van der Waals surface area contributed by atoms with Crippen LogP contribution in [0.1, 0.15) is 194 Å². The maximum atomic E-state index is 12.8. The molecular formula is C45H82O12S. The van der Waals surface area contributed by atoms with Gasteiger partial charge in [-0.05, 0) is 57.8 Å². The van der Waals surface area contributed by atoms with Gasteiger partial charge in [-0.2, -0.15) is 8.42 Å². The van der Waals surface area contributed by atoms with Crippen LogP contribution >= 0.6 is 0 Å². The summed E-state index contributed by atoms with van der Waals surface area (Å²) in [5.74, 6) is -1.99. The van der Waals surface area contributed by atoms with Crippen LogP contribution in [0.5, 0.6) is 0 Å². The van der Waals surface area contributed by atoms with Crippen LogP contribution in [0.4, 0.5) is 0 Å². The molecule has 0 aliphatic carbocycles. The molecule has 0 radical (unpaired) electrons. The Labute approximate surface area is 351 Å². The molecule has 1 aliphatic rings. The van der Waals surface area contributed by atoms with Crippen molar-refractivity contribution < 1.29 is 56.8 Å². The number of aliphatic hydroxyl groups excluding tert-OH is 3. The van der Waals surface area contributed by atoms with Crippen molar-refractivity contribution in [3.8, 4) is 0 Å². The van der Waals surface area contributed by atoms with Gasteiger partial charge in [-0.15, -0.1) is 0 Å². The summed E-state index contributed by atoms with van der Waals surface area (Å²) in [6.45, 7) is 3.72. The van der Waals surface area contributed by atoms with Gasteiger partial charge in [0.15, 0.2) is 12.4 Å². The van der Waals surface area contributed by atoms with E-state index in [1.807, 2.05) is 0 Å². The Morgan fingerprint density at radius 2 is 1.00 bits per heavy atom. The minimum Gasteiger partial charge on any atom is -0.462 e. The van der Waals surface area contributed by atoms with Gasteiger partial charge < -0.3 is 34.3 Å². The Balaban J connectivity index is 2.44. The molecule has 0 saturated carbocycles. The molecule has 1 heterocycles. The van der Waals surface area contributed by atoms with Crippen LogP contribution in [0.15, 0.2) is 24.3 Å². The largest absolute Gasteiger partial charge is 0.462 e. The van der Waals surface area contributed by atoms with Crippen molar-refractivity contribution in [2.24, 2.45) is 0 Å². The SMILES string of the molecule is CCCC/C=C/CCCCCCCCCCCC(=O)OC[C@H](CO[C@H]1O[C@H](CS(=O)(=O)O)[C@@H](O)C(O)C1O)OC(=O)CCCCCCCCC/C=C/CCCCCC. The number of allylic oxidation sites excluding steroid dienone is 4. The summed E-state index contributed by atoms with van der Waals surface area (Å²) in [4.78, 5) is 25.4. The first-order valence-electron chi connectivity index (χ1n) is 22.9. The zero-order chi connectivity index (χ0) is 42.7. The average Bonchev–Trinajstić information content (AvgIpc) is 3.18. The first-order valence-corrected chi connectivity index (χ1v) is 24.5. The molecule has 1 fully saturated rings. The summed E-state index contributed by atoms with van der Waals surface area (Å²) >= 11 is 0. The quantitative estimate of drug-likeness (QED) is 0.0200. The Kier molecular flexibility index (Phi) is 33.5. The maximum absolute atomic E-state index is 12.8. The van der Waals surface area contributed by atoms with Crippen LogP contribution in [-0.2, 0) is 38.7 Å². The molecular weight excluding hydrogens is 765 g/mol. The molecule has 1 aliphatic heterocycles. The minimum atomic E-state index is -4.60. The molecule has 0 aromatic heterocycles. The zero-order valence-electron chi connectivity index (χ0n) is 36.2. The summed E-state index contributed by atoms with van der Waals surface area (Å²) in [6.07, 6.45) is 29.3. The predicted octanol–water partition coefficient (Wildman–Crippen LogP) is 9.23. The Hall–Kier alpha value is -1.87. The maximum Gasteiger partial charge on any atom is 0.306 e. The molecule has 0 amide bonds. The van der Waals surface area contributed by atoms with Crippen LogP contribution in [0.3, 0.4) is 0 Å². The van der Waals surface area contributed by atoms with Crippen LogP contribution in [-0.4, -0.2) is 96.0 Å². The number of ether oxygens (including phenoxy) is 4. The third kappa shape index (κ3) is 30.2. The van der Waals surface area contributed by atoms with Crippen LogP contribution < -0.4 is 0 Å². The number of hydrogen-bond donors (Lipinski definition) is 4. The number of aliphatic hydroxyl groups is 3. The summed E-state index contributed by atoms with van der Waals surface area (Å²) in [7, 11) is -4.60. The van der Waals surface area contributed by atoms with E-state index in [0.717, 1.165) is 51.4 Å². The van der Waals surface area contributed by atoms with Gasteiger partial charge >= 0.3 is 11.9 Å². The summed E-state index contributed by atoms with van der Waals surface area (Å²) in [5, 5.41) is 30.9. The van der Waals surface area contributed by atoms with Crippen LogP contribution in [0, 0.1) is 0 Å². The van der Waals surface area contributed by atoms with Gasteiger partial charge in [-0.1, -0.05) is 147 Å². The van der Waals surface area contributed by atoms with Gasteiger partial charge in [-0.3, -0.25) is 14.1 Å². The van der Waals surface area contributed by atoms with Gasteiger partial charge in [0.1, 0.15) is 36.8 Å². The Bertz CT molecular complexity index is 1180. The van der Waals surface area contributed by atoms with Gasteiger partial charge in [0.05, 0.1) is 6.61 Å². The van der Waals surface area contributed by atoms with E-state index in [1.165, 1.54) is 103 Å². The number of rotatable bonds is 38. The zero-order valence-corrected chi connectivity index (χ0v) is 37.0. The normalized spacial score (nSPS) is 20.6. The van der Waals surface area contributed by atoms with E-state index < -0.39 is 71.2 Å². The van der Waals surface area contributed by atoms with Gasteiger partial charge in [0, 0.05) is 12.8 Å². The second kappa shape index (κ2) is 35.8. The van der Waals surface area contributed by atoms with Crippen molar-refractivity contribution in [1.29, 1.82) is 0 Å². The standard InChI is InChI=1S/C45H82O12S/c1-3-5-7-9-11-13-15-17-19-21-23-25-27-29-31-33-40(46)54-35-38(36-55-45-44(50)43(49)42(48)39(57-45)37-58(51,52)53)56-41(47)34-32-30-28-26-24-22-20-18-16-14-12-10-8-6-4-2/h9,11,14,16,38-39,42-45,48-50H,3-8,10,12-13,15,17-37H2,1-2H3,(H,51,52,53)/b11-9+,16-14+/t38-,39-,42-,43?,44?,45+/m1/s1. The highest BCUT2D eigenvalue weighted by molar-refractivity contribution is 7.85. The van der Waals surface area contributed by atoms with Crippen molar-refractivity contribution in [3.05, 3.63) is 24.3 Å². The molecule has 0 aromatic carbocycles. The topological polar surface area (TPSA) is 186 Å². The van der Waals surface area contributed by atoms with Crippen molar-refractivity contribution in [3.63, 3.8) is 0 Å². The van der Waals surface area contributed by atoms with Gasteiger partial charge in [-0.25, -0.2) is 0 Å². The molecule has 340 valence electrons. The van der Waals surface area contributed by atoms with E-state index >= 15 is 0 Å². The lowest BCUT2D eigenvalue weighted by molar-refractivity contribution is -0.297. The monoisotopic (exact) mass is 847 g/mol. The smallest absolute Gasteiger partial charge is 0.306 e. The highest BCUT2D eigenvalue weighted by Gasteiger charge is 2.46. The third-order valence-electron chi connectivity index (χ3n) is 10.5. The Morgan fingerprint density at radius 3 is 1.48 bits per heavy atom. The molecule has 0 spiro atoms. The molecule has 4 N–H and O–H groups in total. The lowest BCUT2D eigenvalue weighted by Gasteiger charge is -2.40. The van der Waals surface area contributed by atoms with E-state index in [-0.39, 0.29) is 19.4 Å².